The summed E-state index contributed by atoms with van der Waals surface area (Å²) in [7, 11) is 0. The molecule has 3 nitrogen and oxygen atoms in total. The number of rotatable bonds is 5. The third kappa shape index (κ3) is 4.88. The number of hydrogen-bond acceptors (Lipinski definition) is 3. The van der Waals surface area contributed by atoms with Crippen LogP contribution in [0.3, 0.4) is 0 Å². The van der Waals surface area contributed by atoms with Gasteiger partial charge >= 0.3 is 0 Å². The Bertz CT molecular complexity index is 399. The summed E-state index contributed by atoms with van der Waals surface area (Å²) in [5.41, 5.74) is 0.662. The van der Waals surface area contributed by atoms with Gasteiger partial charge < -0.3 is 10.1 Å². The zero-order chi connectivity index (χ0) is 13.5. The lowest BCUT2D eigenvalue weighted by atomic mass is 9.98. The average Bonchev–Trinajstić information content (AvgIpc) is 2.45. The molecular weight excluding hydrogens is 258 g/mol. The lowest BCUT2D eigenvalue weighted by molar-refractivity contribution is 0.0299. The average molecular weight is 279 g/mol. The lowest BCUT2D eigenvalue weighted by Gasteiger charge is -2.21. The van der Waals surface area contributed by atoms with Crippen molar-refractivity contribution < 1.29 is 9.53 Å². The maximum atomic E-state index is 11.8. The second-order valence-corrected chi connectivity index (χ2v) is 5.45. The molecule has 1 saturated carbocycles. The molecule has 0 heterocycles. The van der Waals surface area contributed by atoms with Crippen LogP contribution in [-0.2, 0) is 4.74 Å². The van der Waals surface area contributed by atoms with Crippen molar-refractivity contribution in [2.24, 2.45) is 0 Å². The predicted molar refractivity (Wildman–Crippen MR) is 78.9 cm³/mol. The molecular formula is C15H21NO2S. The molecule has 0 bridgehead atoms. The van der Waals surface area contributed by atoms with Crippen molar-refractivity contribution in [2.45, 2.75) is 43.1 Å². The zero-order valence-electron chi connectivity index (χ0n) is 11.1. The van der Waals surface area contributed by atoms with E-state index in [1.54, 1.807) is 12.1 Å². The molecule has 1 aliphatic carbocycles. The van der Waals surface area contributed by atoms with Gasteiger partial charge in [0.2, 0.25) is 0 Å². The van der Waals surface area contributed by atoms with Crippen LogP contribution in [0.25, 0.3) is 0 Å². The van der Waals surface area contributed by atoms with E-state index < -0.39 is 0 Å². The molecule has 0 spiro atoms. The Balaban J connectivity index is 1.64. The maximum Gasteiger partial charge on any atom is 0.251 e. The highest BCUT2D eigenvalue weighted by atomic mass is 32.1. The SMILES string of the molecule is O=C(NCCOC1CCCCC1)c1ccc(S)cc1. The fraction of sp³-hybridized carbons (Fsp3) is 0.533. The van der Waals surface area contributed by atoms with Gasteiger partial charge in [-0.15, -0.1) is 12.6 Å². The van der Waals surface area contributed by atoms with E-state index >= 15 is 0 Å². The van der Waals surface area contributed by atoms with E-state index in [1.165, 1.54) is 19.3 Å². The number of nitrogens with one attached hydrogen (secondary N) is 1. The fourth-order valence-electron chi connectivity index (χ4n) is 2.34. The van der Waals surface area contributed by atoms with E-state index in [1.807, 2.05) is 12.1 Å². The van der Waals surface area contributed by atoms with Crippen LogP contribution in [0.15, 0.2) is 29.2 Å². The molecule has 104 valence electrons. The van der Waals surface area contributed by atoms with Crippen LogP contribution >= 0.6 is 12.6 Å². The normalized spacial score (nSPS) is 16.3. The van der Waals surface area contributed by atoms with Gasteiger partial charge in [-0.2, -0.15) is 0 Å². The van der Waals surface area contributed by atoms with Gasteiger partial charge in [-0.1, -0.05) is 19.3 Å². The number of hydrogen-bond donors (Lipinski definition) is 2. The van der Waals surface area contributed by atoms with Crippen molar-refractivity contribution in [3.63, 3.8) is 0 Å². The minimum absolute atomic E-state index is 0.0550. The summed E-state index contributed by atoms with van der Waals surface area (Å²) in [6.45, 7) is 1.17. The first-order valence-corrected chi connectivity index (χ1v) is 7.39. The van der Waals surface area contributed by atoms with E-state index in [2.05, 4.69) is 17.9 Å². The van der Waals surface area contributed by atoms with E-state index in [0.717, 1.165) is 17.7 Å². The van der Waals surface area contributed by atoms with E-state index in [0.29, 0.717) is 24.8 Å². The molecule has 0 saturated heterocycles. The standard InChI is InChI=1S/C15H21NO2S/c17-15(12-6-8-14(19)9-7-12)16-10-11-18-13-4-2-1-3-5-13/h6-9,13,19H,1-5,10-11H2,(H,16,17). The summed E-state index contributed by atoms with van der Waals surface area (Å²) in [6, 6.07) is 7.19. The minimum atomic E-state index is -0.0550. The summed E-state index contributed by atoms with van der Waals surface area (Å²) in [4.78, 5) is 12.7. The van der Waals surface area contributed by atoms with Crippen molar-refractivity contribution in [1.82, 2.24) is 5.32 Å². The number of carbonyl (C=O) groups is 1. The monoisotopic (exact) mass is 279 g/mol. The molecule has 1 aromatic carbocycles. The zero-order valence-corrected chi connectivity index (χ0v) is 12.0. The van der Waals surface area contributed by atoms with Gasteiger partial charge in [-0.3, -0.25) is 4.79 Å². The Kier molecular flexibility index (Phi) is 5.73. The summed E-state index contributed by atoms with van der Waals surface area (Å²) < 4.78 is 5.76. The molecule has 4 heteroatoms. The van der Waals surface area contributed by atoms with Gasteiger partial charge in [0.05, 0.1) is 12.7 Å². The molecule has 1 amide bonds. The molecule has 2 rings (SSSR count). The van der Waals surface area contributed by atoms with E-state index in [-0.39, 0.29) is 5.91 Å². The van der Waals surface area contributed by atoms with Crippen LogP contribution in [0.4, 0.5) is 0 Å². The Hall–Kier alpha value is -1.00. The number of benzene rings is 1. The van der Waals surface area contributed by atoms with E-state index in [4.69, 9.17) is 4.74 Å². The summed E-state index contributed by atoms with van der Waals surface area (Å²) in [5, 5.41) is 2.87. The summed E-state index contributed by atoms with van der Waals surface area (Å²) in [5.74, 6) is -0.0550. The predicted octanol–water partition coefficient (Wildman–Crippen LogP) is 3.05. The molecule has 1 fully saturated rings. The fourth-order valence-corrected chi connectivity index (χ4v) is 2.49. The topological polar surface area (TPSA) is 38.3 Å². The number of ether oxygens (including phenoxy) is 1. The highest BCUT2D eigenvalue weighted by Crippen LogP contribution is 2.19. The third-order valence-electron chi connectivity index (χ3n) is 3.42. The minimum Gasteiger partial charge on any atom is -0.376 e. The second kappa shape index (κ2) is 7.56. The first-order valence-electron chi connectivity index (χ1n) is 6.94. The summed E-state index contributed by atoms with van der Waals surface area (Å²) in [6.07, 6.45) is 6.60. The number of thiol groups is 1. The van der Waals surface area contributed by atoms with Crippen LogP contribution in [-0.4, -0.2) is 25.2 Å². The Morgan fingerprint density at radius 1 is 1.21 bits per heavy atom. The van der Waals surface area contributed by atoms with E-state index in [9.17, 15) is 4.79 Å². The molecule has 0 atom stereocenters. The molecule has 0 aromatic heterocycles. The van der Waals surface area contributed by atoms with Gasteiger partial charge in [0.25, 0.3) is 5.91 Å². The largest absolute Gasteiger partial charge is 0.376 e. The van der Waals surface area contributed by atoms with Gasteiger partial charge in [-0.05, 0) is 37.1 Å². The van der Waals surface area contributed by atoms with Crippen molar-refractivity contribution in [3.05, 3.63) is 29.8 Å². The lowest BCUT2D eigenvalue weighted by Crippen LogP contribution is -2.29. The van der Waals surface area contributed by atoms with Gasteiger partial charge in [0.1, 0.15) is 0 Å². The number of carbonyl (C=O) groups excluding carboxylic acids is 1. The van der Waals surface area contributed by atoms with Crippen molar-refractivity contribution in [1.29, 1.82) is 0 Å². The quantitative estimate of drug-likeness (QED) is 0.642. The van der Waals surface area contributed by atoms with Crippen LogP contribution < -0.4 is 5.32 Å². The molecule has 1 aromatic rings. The highest BCUT2D eigenvalue weighted by molar-refractivity contribution is 7.80. The third-order valence-corrected chi connectivity index (χ3v) is 3.72. The number of amides is 1. The van der Waals surface area contributed by atoms with Crippen molar-refractivity contribution in [3.8, 4) is 0 Å². The van der Waals surface area contributed by atoms with Crippen LogP contribution in [0.2, 0.25) is 0 Å². The first kappa shape index (κ1) is 14.4. The summed E-state index contributed by atoms with van der Waals surface area (Å²) >= 11 is 4.19. The second-order valence-electron chi connectivity index (χ2n) is 4.93. The molecule has 1 N–H and O–H groups in total. The van der Waals surface area contributed by atoms with Crippen LogP contribution in [0.1, 0.15) is 42.5 Å². The van der Waals surface area contributed by atoms with Crippen LogP contribution in [0.5, 0.6) is 0 Å². The van der Waals surface area contributed by atoms with Gasteiger partial charge in [-0.25, -0.2) is 0 Å². The van der Waals surface area contributed by atoms with Crippen molar-refractivity contribution in [2.75, 3.05) is 13.2 Å². The molecule has 0 aliphatic heterocycles. The van der Waals surface area contributed by atoms with Crippen LogP contribution in [0, 0.1) is 0 Å². The first-order chi connectivity index (χ1) is 9.25. The maximum absolute atomic E-state index is 11.8. The van der Waals surface area contributed by atoms with Gasteiger partial charge in [0, 0.05) is 17.0 Å². The highest BCUT2D eigenvalue weighted by Gasteiger charge is 2.13. The molecule has 19 heavy (non-hydrogen) atoms. The molecule has 0 unspecified atom stereocenters. The molecule has 0 radical (unpaired) electrons. The smallest absolute Gasteiger partial charge is 0.251 e. The Morgan fingerprint density at radius 2 is 1.89 bits per heavy atom. The Labute approximate surface area is 120 Å². The van der Waals surface area contributed by atoms with Gasteiger partial charge in [0.15, 0.2) is 0 Å². The van der Waals surface area contributed by atoms with Crippen molar-refractivity contribution >= 4 is 18.5 Å². The molecule has 1 aliphatic rings. The Morgan fingerprint density at radius 3 is 2.58 bits per heavy atom.